The molecule has 318 valence electrons. The number of rotatable bonds is 15. The first-order valence-electron chi connectivity index (χ1n) is 18.0. The fourth-order valence-corrected chi connectivity index (χ4v) is 6.46. The number of ether oxygens (including phenoxy) is 9. The molecule has 0 saturated carbocycles. The van der Waals surface area contributed by atoms with Gasteiger partial charge in [0.2, 0.25) is 0 Å². The molecule has 0 radical (unpaired) electrons. The molecule has 2 aromatic rings. The number of aromatic hydroxyl groups is 2. The number of esters is 1. The van der Waals surface area contributed by atoms with Gasteiger partial charge >= 0.3 is 5.97 Å². The van der Waals surface area contributed by atoms with Crippen molar-refractivity contribution in [1.29, 1.82) is 0 Å². The van der Waals surface area contributed by atoms with Crippen molar-refractivity contribution in [3.8, 4) is 23.0 Å². The highest BCUT2D eigenvalue weighted by atomic mass is 16.8. The largest absolute Gasteiger partial charge is 0.504 e. The quantitative estimate of drug-likeness (QED) is 0.0652. The van der Waals surface area contributed by atoms with Crippen LogP contribution in [0.25, 0.3) is 6.08 Å². The van der Waals surface area contributed by atoms with Crippen LogP contribution < -0.4 is 9.47 Å². The summed E-state index contributed by atoms with van der Waals surface area (Å²) in [7, 11) is 2.73. The third-order valence-electron chi connectivity index (χ3n) is 9.77. The highest BCUT2D eigenvalue weighted by Gasteiger charge is 2.53. The zero-order chi connectivity index (χ0) is 41.6. The van der Waals surface area contributed by atoms with Crippen molar-refractivity contribution in [2.24, 2.45) is 0 Å². The molecule has 57 heavy (non-hydrogen) atoms. The lowest BCUT2D eigenvalue weighted by atomic mass is 9.96. The normalized spacial score (nSPS) is 35.9. The molecule has 5 rings (SSSR count). The van der Waals surface area contributed by atoms with Crippen molar-refractivity contribution in [3.63, 3.8) is 0 Å². The lowest BCUT2D eigenvalue weighted by Gasteiger charge is -2.47. The second-order valence-corrected chi connectivity index (χ2v) is 13.6. The van der Waals surface area contributed by atoms with E-state index in [0.29, 0.717) is 11.1 Å². The van der Waals surface area contributed by atoms with Crippen LogP contribution in [-0.2, 0) is 44.4 Å². The van der Waals surface area contributed by atoms with E-state index in [4.69, 9.17) is 42.6 Å². The molecule has 0 aliphatic carbocycles. The van der Waals surface area contributed by atoms with Gasteiger partial charge in [0.05, 0.1) is 40.1 Å². The van der Waals surface area contributed by atoms with Gasteiger partial charge in [0.15, 0.2) is 48.0 Å². The summed E-state index contributed by atoms with van der Waals surface area (Å²) < 4.78 is 50.8. The van der Waals surface area contributed by atoms with Crippen LogP contribution in [0.5, 0.6) is 23.0 Å². The van der Waals surface area contributed by atoms with E-state index < -0.39 is 111 Å². The summed E-state index contributed by atoms with van der Waals surface area (Å²) in [5.41, 5.74) is 1.02. The monoisotopic (exact) mass is 814 g/mol. The van der Waals surface area contributed by atoms with Gasteiger partial charge in [-0.15, -0.1) is 0 Å². The van der Waals surface area contributed by atoms with Crippen LogP contribution in [0.3, 0.4) is 0 Å². The molecule has 15 atom stereocenters. The summed E-state index contributed by atoms with van der Waals surface area (Å²) in [4.78, 5) is 13.4. The number of hydrogen-bond acceptors (Lipinski definition) is 20. The Morgan fingerprint density at radius 3 is 2.05 bits per heavy atom. The van der Waals surface area contributed by atoms with E-state index in [1.165, 1.54) is 51.5 Å². The van der Waals surface area contributed by atoms with Gasteiger partial charge in [0.1, 0.15) is 61.0 Å². The van der Waals surface area contributed by atoms with Crippen molar-refractivity contribution in [3.05, 3.63) is 53.6 Å². The fraction of sp³-hybridized carbons (Fsp3) is 0.595. The van der Waals surface area contributed by atoms with Crippen LogP contribution in [0.4, 0.5) is 0 Å². The van der Waals surface area contributed by atoms with Crippen molar-refractivity contribution in [2.75, 3.05) is 34.0 Å². The minimum absolute atomic E-state index is 0.121. The average molecular weight is 815 g/mol. The molecular weight excluding hydrogens is 764 g/mol. The Labute approximate surface area is 326 Å². The van der Waals surface area contributed by atoms with E-state index in [1.807, 2.05) is 0 Å². The van der Waals surface area contributed by atoms with E-state index in [2.05, 4.69) is 0 Å². The van der Waals surface area contributed by atoms with Crippen molar-refractivity contribution >= 4 is 12.0 Å². The van der Waals surface area contributed by atoms with E-state index >= 15 is 0 Å². The molecule has 3 fully saturated rings. The molecular formula is C37H50O20. The summed E-state index contributed by atoms with van der Waals surface area (Å²) in [6.07, 6.45) is -22.0. The Hall–Kier alpha value is -3.71. The zero-order valence-electron chi connectivity index (χ0n) is 31.2. The van der Waals surface area contributed by atoms with Gasteiger partial charge in [-0.2, -0.15) is 0 Å². The van der Waals surface area contributed by atoms with Gasteiger partial charge in [-0.25, -0.2) is 4.79 Å². The van der Waals surface area contributed by atoms with E-state index in [9.17, 15) is 55.9 Å². The van der Waals surface area contributed by atoms with Gasteiger partial charge in [-0.05, 0) is 54.8 Å². The topological polar surface area (TPSA) is 302 Å². The predicted octanol–water partition coefficient (Wildman–Crippen LogP) is -2.59. The van der Waals surface area contributed by atoms with E-state index in [-0.39, 0.29) is 36.0 Å². The number of aliphatic hydroxyl groups excluding tert-OH is 8. The molecule has 0 spiro atoms. The van der Waals surface area contributed by atoms with Crippen LogP contribution in [0, 0.1) is 0 Å². The second kappa shape index (κ2) is 19.8. The lowest BCUT2D eigenvalue weighted by molar-refractivity contribution is -0.364. The summed E-state index contributed by atoms with van der Waals surface area (Å²) >= 11 is 0. The van der Waals surface area contributed by atoms with Crippen LogP contribution >= 0.6 is 0 Å². The number of hydrogen-bond donors (Lipinski definition) is 10. The molecule has 20 nitrogen and oxygen atoms in total. The maximum Gasteiger partial charge on any atom is 0.331 e. The first-order chi connectivity index (χ1) is 27.2. The number of aliphatic hydroxyl groups is 8. The molecule has 10 N–H and O–H groups in total. The number of phenolic OH excluding ortho intramolecular Hbond substituents is 2. The van der Waals surface area contributed by atoms with Gasteiger partial charge in [-0.3, -0.25) is 0 Å². The third-order valence-corrected chi connectivity index (χ3v) is 9.77. The van der Waals surface area contributed by atoms with Gasteiger partial charge in [0, 0.05) is 6.08 Å². The van der Waals surface area contributed by atoms with Crippen molar-refractivity contribution in [2.45, 2.75) is 105 Å². The highest BCUT2D eigenvalue weighted by Crippen LogP contribution is 2.33. The number of methoxy groups -OCH3 is 2. The molecule has 20 heteroatoms. The summed E-state index contributed by atoms with van der Waals surface area (Å²) in [6.45, 7) is -0.132. The number of carbonyl (C=O) groups is 1. The summed E-state index contributed by atoms with van der Waals surface area (Å²) in [5, 5.41) is 104. The highest BCUT2D eigenvalue weighted by molar-refractivity contribution is 5.87. The fourth-order valence-electron chi connectivity index (χ4n) is 6.46. The van der Waals surface area contributed by atoms with Crippen LogP contribution in [0.1, 0.15) is 18.1 Å². The average Bonchev–Trinajstić information content (AvgIpc) is 3.20. The maximum absolute atomic E-state index is 13.4. The number of phenols is 2. The molecule has 2 aromatic carbocycles. The SMILES string of the molecule is COc1ccc(CCOC2OC(COC3OC(CO)C(O)C(O)C3O)C(OC(=O)/C=C/c3ccc(O)c(OC)c3)C(OC3OC(C)C(O)C(O)C3O)C2O)cc1O. The summed E-state index contributed by atoms with van der Waals surface area (Å²) in [5.74, 6) is -0.938. The van der Waals surface area contributed by atoms with Crippen LogP contribution in [-0.4, -0.2) is 183 Å². The Bertz CT molecular complexity index is 1640. The number of carbonyl (C=O) groups excluding carboxylic acids is 1. The van der Waals surface area contributed by atoms with E-state index in [0.717, 1.165) is 6.08 Å². The molecule has 0 bridgehead atoms. The second-order valence-electron chi connectivity index (χ2n) is 13.6. The molecule has 3 heterocycles. The van der Waals surface area contributed by atoms with Crippen molar-refractivity contribution in [1.82, 2.24) is 0 Å². The molecule has 0 amide bonds. The first kappa shape index (κ1) is 44.4. The van der Waals surface area contributed by atoms with Gasteiger partial charge < -0.3 is 93.7 Å². The molecule has 3 saturated heterocycles. The van der Waals surface area contributed by atoms with Gasteiger partial charge in [0.25, 0.3) is 0 Å². The van der Waals surface area contributed by atoms with Crippen LogP contribution in [0.2, 0.25) is 0 Å². The molecule has 0 aromatic heterocycles. The lowest BCUT2D eigenvalue weighted by Crippen LogP contribution is -2.65. The maximum atomic E-state index is 13.4. The Kier molecular flexibility index (Phi) is 15.4. The minimum Gasteiger partial charge on any atom is -0.504 e. The van der Waals surface area contributed by atoms with Crippen LogP contribution in [0.15, 0.2) is 42.5 Å². The van der Waals surface area contributed by atoms with Gasteiger partial charge in [-0.1, -0.05) is 12.1 Å². The molecule has 3 aliphatic rings. The standard InChI is InChI=1S/C37H50O20/c1-16-26(42)28(44)31(47)37(53-16)57-34-32(48)36(51-11-10-18-5-8-21(49-2)20(40)12-18)55-24(15-52-35-30(46)29(45)27(43)23(14-38)54-35)33(34)56-25(41)9-6-17-4-7-19(39)22(13-17)50-3/h4-9,12-13,16,23-24,26-40,42-48H,10-11,14-15H2,1-3H3/b9-6+. The summed E-state index contributed by atoms with van der Waals surface area (Å²) in [6, 6.07) is 8.92. The Morgan fingerprint density at radius 2 is 1.37 bits per heavy atom. The zero-order valence-corrected chi connectivity index (χ0v) is 31.2. The molecule has 15 unspecified atom stereocenters. The Balaban J connectivity index is 1.44. The predicted molar refractivity (Wildman–Crippen MR) is 190 cm³/mol. The van der Waals surface area contributed by atoms with E-state index in [1.54, 1.807) is 12.1 Å². The van der Waals surface area contributed by atoms with Crippen molar-refractivity contribution < 1.29 is 98.5 Å². The Morgan fingerprint density at radius 1 is 0.702 bits per heavy atom. The third kappa shape index (κ3) is 10.5. The number of benzene rings is 2. The first-order valence-corrected chi connectivity index (χ1v) is 18.0. The smallest absolute Gasteiger partial charge is 0.331 e. The molecule has 3 aliphatic heterocycles. The minimum atomic E-state index is -1.86.